The average molecular weight is 313 g/mol. The average Bonchev–Trinajstić information content (AvgIpc) is 2.77. The Morgan fingerprint density at radius 2 is 1.73 bits per heavy atom. The van der Waals surface area contributed by atoms with Crippen LogP contribution in [0.5, 0.6) is 0 Å². The highest BCUT2D eigenvalue weighted by molar-refractivity contribution is 6.31. The number of halogens is 1. The number of nitrogens with zero attached hydrogens (tertiary/aromatic N) is 1. The molecule has 3 amide bonds. The Morgan fingerprint density at radius 3 is 2.41 bits per heavy atom. The van der Waals surface area contributed by atoms with E-state index in [1.165, 1.54) is 0 Å². The van der Waals surface area contributed by atoms with Crippen molar-refractivity contribution >= 4 is 35.3 Å². The summed E-state index contributed by atoms with van der Waals surface area (Å²) in [6.45, 7) is 1.95. The first-order valence-electron chi connectivity index (χ1n) is 6.74. The van der Waals surface area contributed by atoms with Gasteiger partial charge in [-0.15, -0.1) is 0 Å². The molecule has 0 atom stereocenters. The van der Waals surface area contributed by atoms with Crippen LogP contribution in [0.1, 0.15) is 11.1 Å². The molecular formula is C17H13ClN2O2. The van der Waals surface area contributed by atoms with Gasteiger partial charge < -0.3 is 5.32 Å². The molecule has 0 spiro atoms. The third-order valence-electron chi connectivity index (χ3n) is 3.45. The van der Waals surface area contributed by atoms with Gasteiger partial charge in [0.05, 0.1) is 5.69 Å². The molecule has 0 bridgehead atoms. The number of hydrogen-bond acceptors (Lipinski definition) is 2. The number of carbonyl (C=O) groups is 2. The van der Waals surface area contributed by atoms with E-state index in [1.807, 2.05) is 31.2 Å². The molecule has 110 valence electrons. The Hall–Kier alpha value is -2.59. The summed E-state index contributed by atoms with van der Waals surface area (Å²) >= 11 is 5.83. The Kier molecular flexibility index (Phi) is 3.69. The van der Waals surface area contributed by atoms with Crippen LogP contribution in [0.25, 0.3) is 6.08 Å². The van der Waals surface area contributed by atoms with Crippen molar-refractivity contribution in [2.24, 2.45) is 0 Å². The quantitative estimate of drug-likeness (QED) is 0.678. The summed E-state index contributed by atoms with van der Waals surface area (Å²) in [7, 11) is 0. The number of carbonyl (C=O) groups excluding carboxylic acids is 2. The Morgan fingerprint density at radius 1 is 1.05 bits per heavy atom. The summed E-state index contributed by atoms with van der Waals surface area (Å²) in [6.07, 6.45) is 1.69. The highest BCUT2D eigenvalue weighted by Gasteiger charge is 2.34. The minimum absolute atomic E-state index is 0.259. The van der Waals surface area contributed by atoms with Gasteiger partial charge in [0, 0.05) is 5.02 Å². The van der Waals surface area contributed by atoms with Crippen molar-refractivity contribution in [2.75, 3.05) is 4.90 Å². The third kappa shape index (κ3) is 2.61. The minimum atomic E-state index is -0.466. The highest BCUT2D eigenvalue weighted by atomic mass is 35.5. The molecule has 2 aromatic carbocycles. The molecule has 2 aromatic rings. The van der Waals surface area contributed by atoms with Crippen molar-refractivity contribution < 1.29 is 9.59 Å². The monoisotopic (exact) mass is 312 g/mol. The van der Waals surface area contributed by atoms with Gasteiger partial charge in [-0.1, -0.05) is 35.9 Å². The molecule has 1 aliphatic rings. The van der Waals surface area contributed by atoms with Crippen molar-refractivity contribution in [1.29, 1.82) is 0 Å². The predicted molar refractivity (Wildman–Crippen MR) is 86.6 cm³/mol. The molecule has 3 rings (SSSR count). The lowest BCUT2D eigenvalue weighted by Gasteiger charge is -2.11. The van der Waals surface area contributed by atoms with Crippen molar-refractivity contribution in [1.82, 2.24) is 5.32 Å². The van der Waals surface area contributed by atoms with Gasteiger partial charge in [-0.25, -0.2) is 9.69 Å². The number of urea groups is 1. The van der Waals surface area contributed by atoms with Crippen LogP contribution in [0.3, 0.4) is 0 Å². The van der Waals surface area contributed by atoms with Crippen molar-refractivity contribution in [3.8, 4) is 0 Å². The number of rotatable bonds is 2. The van der Waals surface area contributed by atoms with Gasteiger partial charge in [-0.05, 0) is 48.4 Å². The summed E-state index contributed by atoms with van der Waals surface area (Å²) < 4.78 is 0. The van der Waals surface area contributed by atoms with Gasteiger partial charge in [0.1, 0.15) is 5.70 Å². The van der Waals surface area contributed by atoms with Crippen molar-refractivity contribution in [3.63, 3.8) is 0 Å². The standard InChI is InChI=1S/C17H13ClN2O2/c1-11-4-2-3-5-12(11)10-15-16(21)20(17(22)19-15)14-8-6-13(18)7-9-14/h2-10H,1H3,(H,19,22)/b15-10-. The fourth-order valence-electron chi connectivity index (χ4n) is 2.26. The second-order valence-electron chi connectivity index (χ2n) is 4.96. The van der Waals surface area contributed by atoms with E-state index < -0.39 is 6.03 Å². The predicted octanol–water partition coefficient (Wildman–Crippen LogP) is 3.75. The molecule has 0 aromatic heterocycles. The molecule has 0 unspecified atom stereocenters. The molecule has 5 heteroatoms. The van der Waals surface area contributed by atoms with E-state index in [2.05, 4.69) is 5.32 Å². The first kappa shape index (κ1) is 14.4. The smallest absolute Gasteiger partial charge is 0.302 e. The van der Waals surface area contributed by atoms with E-state index >= 15 is 0 Å². The zero-order chi connectivity index (χ0) is 15.7. The topological polar surface area (TPSA) is 49.4 Å². The van der Waals surface area contributed by atoms with E-state index in [0.717, 1.165) is 16.0 Å². The molecule has 1 aliphatic heterocycles. The van der Waals surface area contributed by atoms with Gasteiger partial charge in [0.15, 0.2) is 0 Å². The SMILES string of the molecule is Cc1ccccc1/C=C1\NC(=O)N(c2ccc(Cl)cc2)C1=O. The molecule has 1 N–H and O–H groups in total. The van der Waals surface area contributed by atoms with Gasteiger partial charge >= 0.3 is 6.03 Å². The van der Waals surface area contributed by atoms with E-state index in [4.69, 9.17) is 11.6 Å². The minimum Gasteiger partial charge on any atom is -0.302 e. The second kappa shape index (κ2) is 5.66. The maximum atomic E-state index is 12.5. The van der Waals surface area contributed by atoms with Crippen molar-refractivity contribution in [3.05, 3.63) is 70.4 Å². The molecule has 0 radical (unpaired) electrons. The number of benzene rings is 2. The second-order valence-corrected chi connectivity index (χ2v) is 5.40. The van der Waals surface area contributed by atoms with Crippen molar-refractivity contribution in [2.45, 2.75) is 6.92 Å². The van der Waals surface area contributed by atoms with Crippen LogP contribution in [0.15, 0.2) is 54.2 Å². The first-order valence-corrected chi connectivity index (χ1v) is 7.12. The zero-order valence-corrected chi connectivity index (χ0v) is 12.6. The lowest BCUT2D eigenvalue weighted by Crippen LogP contribution is -2.30. The highest BCUT2D eigenvalue weighted by Crippen LogP contribution is 2.24. The van der Waals surface area contributed by atoms with Gasteiger partial charge in [0.25, 0.3) is 5.91 Å². The van der Waals surface area contributed by atoms with Crippen LogP contribution in [-0.4, -0.2) is 11.9 Å². The van der Waals surface area contributed by atoms with Crippen LogP contribution in [0, 0.1) is 6.92 Å². The Labute approximate surface area is 133 Å². The normalized spacial score (nSPS) is 16.3. The molecule has 1 heterocycles. The fraction of sp³-hybridized carbons (Fsp3) is 0.0588. The molecule has 22 heavy (non-hydrogen) atoms. The van der Waals surface area contributed by atoms with Crippen LogP contribution in [-0.2, 0) is 4.79 Å². The van der Waals surface area contributed by atoms with Crippen LogP contribution < -0.4 is 10.2 Å². The number of aryl methyl sites for hydroxylation is 1. The van der Waals surface area contributed by atoms with E-state index in [0.29, 0.717) is 10.7 Å². The first-order chi connectivity index (χ1) is 10.6. The summed E-state index contributed by atoms with van der Waals surface area (Å²) in [5.41, 5.74) is 2.67. The van der Waals surface area contributed by atoms with Gasteiger partial charge in [-0.3, -0.25) is 4.79 Å². The van der Waals surface area contributed by atoms with Crippen LogP contribution in [0.4, 0.5) is 10.5 Å². The van der Waals surface area contributed by atoms with Crippen LogP contribution >= 0.6 is 11.6 Å². The van der Waals surface area contributed by atoms with Gasteiger partial charge in [-0.2, -0.15) is 0 Å². The molecule has 0 aliphatic carbocycles. The number of anilines is 1. The molecule has 1 fully saturated rings. The maximum Gasteiger partial charge on any atom is 0.333 e. The number of imide groups is 1. The summed E-state index contributed by atoms with van der Waals surface area (Å²) in [5, 5.41) is 3.16. The summed E-state index contributed by atoms with van der Waals surface area (Å²) in [4.78, 5) is 25.6. The number of hydrogen-bond donors (Lipinski definition) is 1. The molecule has 1 saturated heterocycles. The lowest BCUT2D eigenvalue weighted by atomic mass is 10.1. The largest absolute Gasteiger partial charge is 0.333 e. The van der Waals surface area contributed by atoms with E-state index in [9.17, 15) is 9.59 Å². The molecule has 4 nitrogen and oxygen atoms in total. The fourth-order valence-corrected chi connectivity index (χ4v) is 2.39. The lowest BCUT2D eigenvalue weighted by molar-refractivity contribution is -0.113. The number of nitrogens with one attached hydrogen (secondary N) is 1. The third-order valence-corrected chi connectivity index (χ3v) is 3.70. The summed E-state index contributed by atoms with van der Waals surface area (Å²) in [6, 6.07) is 13.7. The molecular weight excluding hydrogens is 300 g/mol. The zero-order valence-electron chi connectivity index (χ0n) is 11.8. The summed E-state index contributed by atoms with van der Waals surface area (Å²) in [5.74, 6) is -0.379. The van der Waals surface area contributed by atoms with E-state index in [1.54, 1.807) is 30.3 Å². The Bertz CT molecular complexity index is 782. The maximum absolute atomic E-state index is 12.5. The van der Waals surface area contributed by atoms with Crippen LogP contribution in [0.2, 0.25) is 5.02 Å². The van der Waals surface area contributed by atoms with Gasteiger partial charge in [0.2, 0.25) is 0 Å². The Balaban J connectivity index is 1.95. The number of amides is 3. The van der Waals surface area contributed by atoms with E-state index in [-0.39, 0.29) is 11.6 Å². The molecule has 0 saturated carbocycles.